The minimum absolute atomic E-state index is 0.0481. The summed E-state index contributed by atoms with van der Waals surface area (Å²) in [6.07, 6.45) is 6.56. The number of fused-ring (bicyclic) bond motifs is 1. The smallest absolute Gasteiger partial charge is 0.263 e. The maximum Gasteiger partial charge on any atom is 0.263 e. The summed E-state index contributed by atoms with van der Waals surface area (Å²) < 4.78 is 5.45. The van der Waals surface area contributed by atoms with Gasteiger partial charge >= 0.3 is 0 Å². The molecule has 1 fully saturated rings. The molecule has 30 heavy (non-hydrogen) atoms. The maximum atomic E-state index is 12.4. The first-order chi connectivity index (χ1) is 14.6. The molecule has 0 unspecified atom stereocenters. The minimum Gasteiger partial charge on any atom is -0.356 e. The molecule has 1 aliphatic rings. The molecule has 4 rings (SSSR count). The fraction of sp³-hybridized carbons (Fsp3) is 0.478. The number of rotatable bonds is 6. The van der Waals surface area contributed by atoms with Gasteiger partial charge in [-0.3, -0.25) is 4.79 Å². The van der Waals surface area contributed by atoms with E-state index in [1.165, 1.54) is 18.4 Å². The highest BCUT2D eigenvalue weighted by atomic mass is 16.5. The Morgan fingerprint density at radius 1 is 1.10 bits per heavy atom. The zero-order chi connectivity index (χ0) is 20.9. The molecule has 3 heterocycles. The van der Waals surface area contributed by atoms with Crippen molar-refractivity contribution >= 4 is 28.5 Å². The van der Waals surface area contributed by atoms with Gasteiger partial charge in [-0.15, -0.1) is 0 Å². The molecule has 3 aromatic rings. The van der Waals surface area contributed by atoms with E-state index in [1.807, 2.05) is 31.2 Å². The van der Waals surface area contributed by atoms with Crippen LogP contribution >= 0.6 is 0 Å². The van der Waals surface area contributed by atoms with Crippen LogP contribution in [0.5, 0.6) is 0 Å². The standard InChI is InChI=1S/C23H29N5O2/c1-3-17-8-10-18(11-9-17)24-20(29)13-12-19-25-22(28-14-6-4-5-7-15-28)21-16(2)27-30-23(21)26-19/h8-11H,3-7,12-15H2,1-2H3,(H,24,29). The lowest BCUT2D eigenvalue weighted by Gasteiger charge is -2.22. The summed E-state index contributed by atoms with van der Waals surface area (Å²) in [7, 11) is 0. The number of aryl methyl sites for hydroxylation is 3. The Morgan fingerprint density at radius 3 is 2.53 bits per heavy atom. The number of hydrogen-bond donors (Lipinski definition) is 1. The second-order valence-electron chi connectivity index (χ2n) is 7.91. The lowest BCUT2D eigenvalue weighted by molar-refractivity contribution is -0.116. The van der Waals surface area contributed by atoms with Gasteiger partial charge in [0.15, 0.2) is 0 Å². The fourth-order valence-electron chi connectivity index (χ4n) is 3.91. The van der Waals surface area contributed by atoms with Gasteiger partial charge in [-0.25, -0.2) is 4.98 Å². The number of anilines is 2. The highest BCUT2D eigenvalue weighted by molar-refractivity contribution is 5.91. The van der Waals surface area contributed by atoms with E-state index in [-0.39, 0.29) is 5.91 Å². The van der Waals surface area contributed by atoms with Gasteiger partial charge in [0.1, 0.15) is 17.0 Å². The average Bonchev–Trinajstić information content (AvgIpc) is 2.96. The van der Waals surface area contributed by atoms with E-state index < -0.39 is 0 Å². The van der Waals surface area contributed by atoms with Crippen LogP contribution in [0.25, 0.3) is 11.1 Å². The van der Waals surface area contributed by atoms with E-state index in [9.17, 15) is 4.79 Å². The molecule has 7 nitrogen and oxygen atoms in total. The normalized spacial score (nSPS) is 14.7. The Morgan fingerprint density at radius 2 is 1.83 bits per heavy atom. The molecule has 1 N–H and O–H groups in total. The van der Waals surface area contributed by atoms with Crippen LogP contribution in [0.2, 0.25) is 0 Å². The molecule has 0 saturated carbocycles. The summed E-state index contributed by atoms with van der Waals surface area (Å²) in [5, 5.41) is 7.94. The van der Waals surface area contributed by atoms with Crippen molar-refractivity contribution in [2.24, 2.45) is 0 Å². The van der Waals surface area contributed by atoms with Crippen LogP contribution in [0.4, 0.5) is 11.5 Å². The van der Waals surface area contributed by atoms with Crippen LogP contribution in [0.15, 0.2) is 28.8 Å². The molecule has 0 radical (unpaired) electrons. The van der Waals surface area contributed by atoms with Crippen LogP contribution < -0.4 is 10.2 Å². The second kappa shape index (κ2) is 9.24. The summed E-state index contributed by atoms with van der Waals surface area (Å²) in [6.45, 7) is 5.99. The van der Waals surface area contributed by atoms with E-state index in [0.717, 1.165) is 54.9 Å². The Bertz CT molecular complexity index is 1000. The number of amides is 1. The van der Waals surface area contributed by atoms with Gasteiger partial charge in [-0.05, 0) is 43.9 Å². The largest absolute Gasteiger partial charge is 0.356 e. The number of hydrogen-bond acceptors (Lipinski definition) is 6. The lowest BCUT2D eigenvalue weighted by atomic mass is 10.1. The van der Waals surface area contributed by atoms with E-state index in [0.29, 0.717) is 24.4 Å². The third kappa shape index (κ3) is 4.61. The number of carbonyl (C=O) groups excluding carboxylic acids is 1. The SMILES string of the molecule is CCc1ccc(NC(=O)CCc2nc(N3CCCCCC3)c3c(C)noc3n2)cc1. The summed E-state index contributed by atoms with van der Waals surface area (Å²) in [5.74, 6) is 1.47. The van der Waals surface area contributed by atoms with Crippen molar-refractivity contribution in [3.63, 3.8) is 0 Å². The summed E-state index contributed by atoms with van der Waals surface area (Å²) >= 11 is 0. The molecular weight excluding hydrogens is 378 g/mol. The molecular formula is C23H29N5O2. The first kappa shape index (κ1) is 20.3. The molecule has 0 bridgehead atoms. The first-order valence-corrected chi connectivity index (χ1v) is 10.9. The van der Waals surface area contributed by atoms with Gasteiger partial charge in [-0.1, -0.05) is 37.1 Å². The van der Waals surface area contributed by atoms with E-state index in [4.69, 9.17) is 9.51 Å². The Labute approximate surface area is 176 Å². The monoisotopic (exact) mass is 407 g/mol. The van der Waals surface area contributed by atoms with Crippen LogP contribution in [0, 0.1) is 6.92 Å². The first-order valence-electron chi connectivity index (χ1n) is 10.9. The molecule has 2 aromatic heterocycles. The molecule has 7 heteroatoms. The molecule has 158 valence electrons. The van der Waals surface area contributed by atoms with Crippen molar-refractivity contribution in [2.75, 3.05) is 23.3 Å². The summed E-state index contributed by atoms with van der Waals surface area (Å²) in [5.41, 5.74) is 3.37. The third-order valence-corrected chi connectivity index (χ3v) is 5.66. The van der Waals surface area contributed by atoms with Gasteiger partial charge in [0, 0.05) is 31.6 Å². The molecule has 1 amide bonds. The highest BCUT2D eigenvalue weighted by Crippen LogP contribution is 2.29. The van der Waals surface area contributed by atoms with E-state index in [2.05, 4.69) is 27.3 Å². The lowest BCUT2D eigenvalue weighted by Crippen LogP contribution is -2.26. The minimum atomic E-state index is -0.0481. The zero-order valence-corrected chi connectivity index (χ0v) is 17.8. The van der Waals surface area contributed by atoms with Gasteiger partial charge < -0.3 is 14.7 Å². The topological polar surface area (TPSA) is 84.2 Å². The van der Waals surface area contributed by atoms with E-state index in [1.54, 1.807) is 0 Å². The van der Waals surface area contributed by atoms with Crippen molar-refractivity contribution in [1.82, 2.24) is 15.1 Å². The number of nitrogens with zero attached hydrogens (tertiary/aromatic N) is 4. The van der Waals surface area contributed by atoms with Gasteiger partial charge in [-0.2, -0.15) is 4.98 Å². The van der Waals surface area contributed by atoms with Crippen molar-refractivity contribution in [3.8, 4) is 0 Å². The molecule has 1 aromatic carbocycles. The van der Waals surface area contributed by atoms with Crippen molar-refractivity contribution in [3.05, 3.63) is 41.3 Å². The molecule has 0 atom stereocenters. The molecule has 0 spiro atoms. The van der Waals surface area contributed by atoms with Crippen LogP contribution in [-0.2, 0) is 17.6 Å². The van der Waals surface area contributed by atoms with Gasteiger partial charge in [0.2, 0.25) is 5.91 Å². The second-order valence-corrected chi connectivity index (χ2v) is 7.91. The number of aromatic nitrogens is 3. The van der Waals surface area contributed by atoms with E-state index >= 15 is 0 Å². The van der Waals surface area contributed by atoms with Crippen molar-refractivity contribution in [1.29, 1.82) is 0 Å². The molecule has 1 aliphatic heterocycles. The predicted molar refractivity (Wildman–Crippen MR) is 118 cm³/mol. The predicted octanol–water partition coefficient (Wildman–Crippen LogP) is 4.44. The van der Waals surface area contributed by atoms with Crippen molar-refractivity contribution < 1.29 is 9.32 Å². The zero-order valence-electron chi connectivity index (χ0n) is 17.8. The maximum absolute atomic E-state index is 12.4. The molecule has 0 aliphatic carbocycles. The number of carbonyl (C=O) groups is 1. The Hall–Kier alpha value is -2.96. The quantitative estimate of drug-likeness (QED) is 0.650. The van der Waals surface area contributed by atoms with Gasteiger partial charge in [0.05, 0.1) is 5.69 Å². The number of nitrogens with one attached hydrogen (secondary N) is 1. The van der Waals surface area contributed by atoms with Crippen LogP contribution in [-0.4, -0.2) is 34.1 Å². The van der Waals surface area contributed by atoms with Crippen LogP contribution in [0.1, 0.15) is 56.1 Å². The number of benzene rings is 1. The third-order valence-electron chi connectivity index (χ3n) is 5.66. The molecule has 1 saturated heterocycles. The summed E-state index contributed by atoms with van der Waals surface area (Å²) in [6, 6.07) is 7.95. The fourth-order valence-corrected chi connectivity index (χ4v) is 3.91. The summed E-state index contributed by atoms with van der Waals surface area (Å²) in [4.78, 5) is 24.1. The van der Waals surface area contributed by atoms with Gasteiger partial charge in [0.25, 0.3) is 5.71 Å². The Balaban J connectivity index is 1.48. The highest BCUT2D eigenvalue weighted by Gasteiger charge is 2.21. The van der Waals surface area contributed by atoms with Crippen molar-refractivity contribution in [2.45, 2.75) is 58.8 Å². The Kier molecular flexibility index (Phi) is 6.26. The average molecular weight is 408 g/mol. The van der Waals surface area contributed by atoms with Crippen LogP contribution in [0.3, 0.4) is 0 Å².